The number of nitrogens with one attached hydrogen (secondary N) is 2. The lowest BCUT2D eigenvalue weighted by Gasteiger charge is -2.14. The van der Waals surface area contributed by atoms with E-state index in [4.69, 9.17) is 0 Å². The lowest BCUT2D eigenvalue weighted by molar-refractivity contribution is -0.109. The lowest BCUT2D eigenvalue weighted by Crippen LogP contribution is -2.41. The molecule has 14 heavy (non-hydrogen) atoms. The van der Waals surface area contributed by atoms with Gasteiger partial charge in [-0.25, -0.2) is 8.42 Å². The second-order valence-electron chi connectivity index (χ2n) is 3.28. The normalized spacial score (nSPS) is 30.1. The number of aliphatic hydroxyl groups is 1. The predicted molar refractivity (Wildman–Crippen MR) is 50.5 cm³/mol. The van der Waals surface area contributed by atoms with Gasteiger partial charge in [-0.1, -0.05) is 0 Å². The molecule has 3 N–H and O–H groups in total. The summed E-state index contributed by atoms with van der Waals surface area (Å²) in [4.78, 5) is 9.88. The van der Waals surface area contributed by atoms with Crippen molar-refractivity contribution >= 4 is 16.2 Å². The SMILES string of the molecule is O=CNCCN[C@H]1CS(=O)(=O)C[C@H]1O. The Morgan fingerprint density at radius 2 is 2.07 bits per heavy atom. The number of amides is 1. The molecule has 2 atom stereocenters. The maximum Gasteiger partial charge on any atom is 0.207 e. The molecule has 0 bridgehead atoms. The Balaban J connectivity index is 2.29. The molecule has 1 aliphatic heterocycles. The van der Waals surface area contributed by atoms with E-state index in [1.165, 1.54) is 0 Å². The molecule has 1 saturated heterocycles. The molecule has 1 rings (SSSR count). The summed E-state index contributed by atoms with van der Waals surface area (Å²) < 4.78 is 22.1. The van der Waals surface area contributed by atoms with Crippen molar-refractivity contribution in [2.45, 2.75) is 12.1 Å². The van der Waals surface area contributed by atoms with E-state index in [0.29, 0.717) is 19.5 Å². The van der Waals surface area contributed by atoms with Gasteiger partial charge in [0.05, 0.1) is 17.6 Å². The van der Waals surface area contributed by atoms with Crippen molar-refractivity contribution in [3.8, 4) is 0 Å². The molecule has 82 valence electrons. The average molecular weight is 222 g/mol. The molecule has 1 heterocycles. The summed E-state index contributed by atoms with van der Waals surface area (Å²) in [6, 6.07) is -0.409. The summed E-state index contributed by atoms with van der Waals surface area (Å²) in [5, 5.41) is 14.7. The van der Waals surface area contributed by atoms with Crippen LogP contribution in [0.15, 0.2) is 0 Å². The van der Waals surface area contributed by atoms with Crippen LogP contribution in [-0.2, 0) is 14.6 Å². The molecule has 1 amide bonds. The van der Waals surface area contributed by atoms with Gasteiger partial charge in [0.2, 0.25) is 6.41 Å². The number of hydrogen-bond acceptors (Lipinski definition) is 5. The van der Waals surface area contributed by atoms with Crippen molar-refractivity contribution in [2.75, 3.05) is 24.6 Å². The zero-order chi connectivity index (χ0) is 10.6. The summed E-state index contributed by atoms with van der Waals surface area (Å²) in [6.45, 7) is 0.878. The van der Waals surface area contributed by atoms with Crippen LogP contribution in [0.4, 0.5) is 0 Å². The molecule has 0 aromatic rings. The van der Waals surface area contributed by atoms with Crippen molar-refractivity contribution in [3.05, 3.63) is 0 Å². The van der Waals surface area contributed by atoms with E-state index < -0.39 is 22.0 Å². The van der Waals surface area contributed by atoms with Crippen molar-refractivity contribution in [2.24, 2.45) is 0 Å². The van der Waals surface area contributed by atoms with Gasteiger partial charge in [-0.2, -0.15) is 0 Å². The number of sulfone groups is 1. The molecular weight excluding hydrogens is 208 g/mol. The van der Waals surface area contributed by atoms with E-state index >= 15 is 0 Å². The third-order valence-corrected chi connectivity index (χ3v) is 3.80. The molecule has 7 heteroatoms. The maximum absolute atomic E-state index is 11.1. The number of carbonyl (C=O) groups is 1. The van der Waals surface area contributed by atoms with Crippen LogP contribution in [0.2, 0.25) is 0 Å². The van der Waals surface area contributed by atoms with Crippen LogP contribution in [0.5, 0.6) is 0 Å². The molecule has 0 spiro atoms. The number of carbonyl (C=O) groups excluding carboxylic acids is 1. The highest BCUT2D eigenvalue weighted by atomic mass is 32.2. The molecule has 6 nitrogen and oxygen atoms in total. The Morgan fingerprint density at radius 3 is 2.57 bits per heavy atom. The number of hydrogen-bond donors (Lipinski definition) is 3. The van der Waals surface area contributed by atoms with E-state index in [1.54, 1.807) is 0 Å². The second-order valence-corrected chi connectivity index (χ2v) is 5.43. The zero-order valence-electron chi connectivity index (χ0n) is 7.64. The van der Waals surface area contributed by atoms with Gasteiger partial charge in [0, 0.05) is 19.1 Å². The molecule has 0 aromatic heterocycles. The minimum absolute atomic E-state index is 0.0325. The molecule has 1 aliphatic rings. The van der Waals surface area contributed by atoms with E-state index in [2.05, 4.69) is 10.6 Å². The fourth-order valence-corrected chi connectivity index (χ4v) is 3.19. The Kier molecular flexibility index (Phi) is 3.85. The summed E-state index contributed by atoms with van der Waals surface area (Å²) in [7, 11) is -3.09. The summed E-state index contributed by atoms with van der Waals surface area (Å²) in [5.74, 6) is -0.207. The number of aliphatic hydroxyl groups excluding tert-OH is 1. The lowest BCUT2D eigenvalue weighted by atomic mass is 10.2. The van der Waals surface area contributed by atoms with Crippen LogP contribution < -0.4 is 10.6 Å². The Hall–Kier alpha value is -0.660. The van der Waals surface area contributed by atoms with E-state index in [9.17, 15) is 18.3 Å². The smallest absolute Gasteiger partial charge is 0.207 e. The van der Waals surface area contributed by atoms with Gasteiger partial charge in [0.25, 0.3) is 0 Å². The summed E-state index contributed by atoms with van der Waals surface area (Å²) in [5.41, 5.74) is 0. The first-order chi connectivity index (χ1) is 6.55. The van der Waals surface area contributed by atoms with Crippen molar-refractivity contribution < 1.29 is 18.3 Å². The van der Waals surface area contributed by atoms with Crippen LogP contribution >= 0.6 is 0 Å². The predicted octanol–water partition coefficient (Wildman–Crippen LogP) is -2.52. The van der Waals surface area contributed by atoms with Crippen molar-refractivity contribution in [1.29, 1.82) is 0 Å². The Labute approximate surface area is 82.6 Å². The molecule has 0 aliphatic carbocycles. The molecule has 0 unspecified atom stereocenters. The summed E-state index contributed by atoms with van der Waals surface area (Å²) >= 11 is 0. The Morgan fingerprint density at radius 1 is 1.36 bits per heavy atom. The standard InChI is InChI=1S/C7H14N2O4S/c10-5-8-1-2-9-6-3-14(12,13)4-7(6)11/h5-7,9,11H,1-4H2,(H,8,10)/t6-,7+/m0/s1. The number of rotatable bonds is 5. The Bertz CT molecular complexity index is 290. The molecule has 0 radical (unpaired) electrons. The highest BCUT2D eigenvalue weighted by molar-refractivity contribution is 7.91. The monoisotopic (exact) mass is 222 g/mol. The zero-order valence-corrected chi connectivity index (χ0v) is 8.46. The van der Waals surface area contributed by atoms with Gasteiger partial charge in [0.1, 0.15) is 0 Å². The third kappa shape index (κ3) is 3.24. The second kappa shape index (κ2) is 4.72. The average Bonchev–Trinajstić information content (AvgIpc) is 2.34. The van der Waals surface area contributed by atoms with Crippen LogP contribution in [-0.4, -0.2) is 56.7 Å². The topological polar surface area (TPSA) is 95.5 Å². The first-order valence-corrected chi connectivity index (χ1v) is 6.16. The van der Waals surface area contributed by atoms with E-state index in [0.717, 1.165) is 0 Å². The molecule has 0 aromatic carbocycles. The van der Waals surface area contributed by atoms with E-state index in [1.807, 2.05) is 0 Å². The van der Waals surface area contributed by atoms with Gasteiger partial charge < -0.3 is 15.7 Å². The van der Waals surface area contributed by atoms with Crippen LogP contribution in [0.1, 0.15) is 0 Å². The molecule has 1 fully saturated rings. The van der Waals surface area contributed by atoms with Gasteiger partial charge in [-0.3, -0.25) is 4.79 Å². The molecular formula is C7H14N2O4S. The van der Waals surface area contributed by atoms with Crippen LogP contribution in [0.25, 0.3) is 0 Å². The first-order valence-electron chi connectivity index (χ1n) is 4.34. The third-order valence-electron chi connectivity index (χ3n) is 2.08. The van der Waals surface area contributed by atoms with Gasteiger partial charge in [0.15, 0.2) is 9.84 Å². The van der Waals surface area contributed by atoms with Gasteiger partial charge in [-0.15, -0.1) is 0 Å². The minimum atomic E-state index is -3.09. The van der Waals surface area contributed by atoms with Gasteiger partial charge >= 0.3 is 0 Å². The quantitative estimate of drug-likeness (QED) is 0.352. The first kappa shape index (κ1) is 11.4. The van der Waals surface area contributed by atoms with Gasteiger partial charge in [-0.05, 0) is 0 Å². The largest absolute Gasteiger partial charge is 0.390 e. The summed E-state index contributed by atoms with van der Waals surface area (Å²) in [6.07, 6.45) is -0.264. The fourth-order valence-electron chi connectivity index (χ4n) is 1.41. The van der Waals surface area contributed by atoms with E-state index in [-0.39, 0.29) is 11.5 Å². The highest BCUT2D eigenvalue weighted by Gasteiger charge is 2.35. The van der Waals surface area contributed by atoms with Crippen LogP contribution in [0, 0.1) is 0 Å². The van der Waals surface area contributed by atoms with Crippen LogP contribution in [0.3, 0.4) is 0 Å². The fraction of sp³-hybridized carbons (Fsp3) is 0.857. The highest BCUT2D eigenvalue weighted by Crippen LogP contribution is 2.11. The van der Waals surface area contributed by atoms with Crippen molar-refractivity contribution in [1.82, 2.24) is 10.6 Å². The maximum atomic E-state index is 11.1. The molecule has 0 saturated carbocycles. The van der Waals surface area contributed by atoms with Crippen molar-refractivity contribution in [3.63, 3.8) is 0 Å². The minimum Gasteiger partial charge on any atom is -0.390 e.